The van der Waals surface area contributed by atoms with Gasteiger partial charge in [-0.05, 0) is 44.5 Å². The van der Waals surface area contributed by atoms with Gasteiger partial charge < -0.3 is 10.2 Å². The molecule has 4 heteroatoms. The second-order valence-corrected chi connectivity index (χ2v) is 4.80. The number of para-hydroxylation sites is 1. The molecule has 0 aliphatic heterocycles. The lowest BCUT2D eigenvalue weighted by Gasteiger charge is -2.23. The molecule has 0 aliphatic carbocycles. The number of carbonyl (C=O) groups is 1. The monoisotopic (exact) mass is 283 g/mol. The van der Waals surface area contributed by atoms with Crippen molar-refractivity contribution in [3.8, 4) is 0 Å². The van der Waals surface area contributed by atoms with E-state index in [1.54, 1.807) is 23.2 Å². The molecule has 2 rings (SSSR count). The predicted octanol–water partition coefficient (Wildman–Crippen LogP) is 3.49. The van der Waals surface area contributed by atoms with E-state index < -0.39 is 0 Å². The minimum Gasteiger partial charge on any atom is -0.370 e. The third-order valence-corrected chi connectivity index (χ3v) is 3.33. The Morgan fingerprint density at radius 1 is 1.24 bits per heavy atom. The van der Waals surface area contributed by atoms with E-state index in [2.05, 4.69) is 10.3 Å². The van der Waals surface area contributed by atoms with Gasteiger partial charge in [0.05, 0.1) is 0 Å². The van der Waals surface area contributed by atoms with Crippen molar-refractivity contribution in [3.05, 3.63) is 53.7 Å². The molecule has 0 saturated carbocycles. The van der Waals surface area contributed by atoms with Crippen LogP contribution in [0.15, 0.2) is 42.6 Å². The van der Waals surface area contributed by atoms with Crippen LogP contribution in [0.4, 0.5) is 11.5 Å². The lowest BCUT2D eigenvalue weighted by Crippen LogP contribution is -2.31. The second-order valence-electron chi connectivity index (χ2n) is 4.80. The maximum Gasteiger partial charge on any atom is 0.258 e. The van der Waals surface area contributed by atoms with Gasteiger partial charge in [-0.2, -0.15) is 0 Å². The number of aryl methyl sites for hydroxylation is 1. The molecule has 1 aromatic carbocycles. The molecule has 21 heavy (non-hydrogen) atoms. The van der Waals surface area contributed by atoms with Gasteiger partial charge in [0.15, 0.2) is 0 Å². The molecular weight excluding hydrogens is 262 g/mol. The summed E-state index contributed by atoms with van der Waals surface area (Å²) < 4.78 is 0. The van der Waals surface area contributed by atoms with Gasteiger partial charge in [0.25, 0.3) is 5.91 Å². The van der Waals surface area contributed by atoms with Crippen molar-refractivity contribution in [2.75, 3.05) is 23.3 Å². The first kappa shape index (κ1) is 15.0. The fraction of sp³-hybridized carbons (Fsp3) is 0.294. The Labute approximate surface area is 125 Å². The van der Waals surface area contributed by atoms with Gasteiger partial charge in [-0.15, -0.1) is 0 Å². The summed E-state index contributed by atoms with van der Waals surface area (Å²) in [4.78, 5) is 18.8. The van der Waals surface area contributed by atoms with Crippen LogP contribution in [0, 0.1) is 6.92 Å². The Morgan fingerprint density at radius 3 is 2.67 bits per heavy atom. The Morgan fingerprint density at radius 2 is 2.00 bits per heavy atom. The summed E-state index contributed by atoms with van der Waals surface area (Å²) in [6, 6.07) is 11.5. The van der Waals surface area contributed by atoms with Crippen molar-refractivity contribution >= 4 is 17.4 Å². The highest BCUT2D eigenvalue weighted by Crippen LogP contribution is 2.21. The number of carbonyl (C=O) groups excluding carboxylic acids is 1. The highest BCUT2D eigenvalue weighted by Gasteiger charge is 2.17. The average Bonchev–Trinajstić information content (AvgIpc) is 2.50. The van der Waals surface area contributed by atoms with E-state index in [1.165, 1.54) is 0 Å². The first-order chi connectivity index (χ1) is 10.2. The van der Waals surface area contributed by atoms with Crippen molar-refractivity contribution < 1.29 is 4.79 Å². The summed E-state index contributed by atoms with van der Waals surface area (Å²) in [6.45, 7) is 7.41. The van der Waals surface area contributed by atoms with Crippen molar-refractivity contribution in [1.29, 1.82) is 0 Å². The second kappa shape index (κ2) is 6.88. The largest absolute Gasteiger partial charge is 0.370 e. The number of rotatable bonds is 5. The number of nitrogens with zero attached hydrogens (tertiary/aromatic N) is 2. The highest BCUT2D eigenvalue weighted by molar-refractivity contribution is 6.06. The third-order valence-electron chi connectivity index (χ3n) is 3.33. The van der Waals surface area contributed by atoms with Gasteiger partial charge in [0.2, 0.25) is 0 Å². The molecule has 0 saturated heterocycles. The fourth-order valence-corrected chi connectivity index (χ4v) is 2.29. The molecule has 0 radical (unpaired) electrons. The molecule has 110 valence electrons. The summed E-state index contributed by atoms with van der Waals surface area (Å²) in [5.74, 6) is 0.720. The number of benzene rings is 1. The van der Waals surface area contributed by atoms with Gasteiger partial charge in [0.1, 0.15) is 5.82 Å². The molecule has 1 aromatic heterocycles. The van der Waals surface area contributed by atoms with E-state index in [-0.39, 0.29) is 5.91 Å². The van der Waals surface area contributed by atoms with E-state index in [9.17, 15) is 4.79 Å². The van der Waals surface area contributed by atoms with Gasteiger partial charge in [-0.3, -0.25) is 4.79 Å². The minimum absolute atomic E-state index is 0.00615. The Bertz CT molecular complexity index is 625. The molecule has 0 unspecified atom stereocenters. The molecule has 0 spiro atoms. The zero-order valence-corrected chi connectivity index (χ0v) is 12.8. The third kappa shape index (κ3) is 3.40. The zero-order chi connectivity index (χ0) is 15.2. The zero-order valence-electron chi connectivity index (χ0n) is 12.8. The van der Waals surface area contributed by atoms with E-state index in [0.717, 1.165) is 23.6 Å². The maximum absolute atomic E-state index is 12.8. The van der Waals surface area contributed by atoms with Crippen LogP contribution in [-0.2, 0) is 0 Å². The van der Waals surface area contributed by atoms with Crippen molar-refractivity contribution in [3.63, 3.8) is 0 Å². The topological polar surface area (TPSA) is 45.2 Å². The SMILES string of the molecule is CCNc1cc(C(=O)N(CC)c2ccccc2C)ccn1. The summed E-state index contributed by atoms with van der Waals surface area (Å²) in [7, 11) is 0. The number of nitrogens with one attached hydrogen (secondary N) is 1. The van der Waals surface area contributed by atoms with Crippen LogP contribution in [-0.4, -0.2) is 24.0 Å². The van der Waals surface area contributed by atoms with Gasteiger partial charge >= 0.3 is 0 Å². The molecule has 2 aromatic rings. The summed E-state index contributed by atoms with van der Waals surface area (Å²) in [6.07, 6.45) is 1.66. The number of pyridine rings is 1. The number of aromatic nitrogens is 1. The lowest BCUT2D eigenvalue weighted by molar-refractivity contribution is 0.0988. The van der Waals surface area contributed by atoms with Crippen LogP contribution in [0.1, 0.15) is 29.8 Å². The first-order valence-electron chi connectivity index (χ1n) is 7.24. The molecule has 0 atom stereocenters. The van der Waals surface area contributed by atoms with E-state index in [4.69, 9.17) is 0 Å². The minimum atomic E-state index is -0.00615. The van der Waals surface area contributed by atoms with Gasteiger partial charge in [-0.1, -0.05) is 18.2 Å². The molecule has 1 amide bonds. The van der Waals surface area contributed by atoms with E-state index in [0.29, 0.717) is 12.1 Å². The van der Waals surface area contributed by atoms with Crippen LogP contribution >= 0.6 is 0 Å². The predicted molar refractivity (Wildman–Crippen MR) is 86.9 cm³/mol. The molecule has 0 fully saturated rings. The van der Waals surface area contributed by atoms with Crippen LogP contribution < -0.4 is 10.2 Å². The summed E-state index contributed by atoms with van der Waals surface area (Å²) in [5, 5.41) is 3.13. The van der Waals surface area contributed by atoms with Crippen LogP contribution in [0.2, 0.25) is 0 Å². The molecule has 1 heterocycles. The molecule has 0 aliphatic rings. The molecule has 0 bridgehead atoms. The summed E-state index contributed by atoms with van der Waals surface area (Å²) in [5.41, 5.74) is 2.69. The molecule has 4 nitrogen and oxygen atoms in total. The highest BCUT2D eigenvalue weighted by atomic mass is 16.2. The smallest absolute Gasteiger partial charge is 0.258 e. The Balaban J connectivity index is 2.32. The van der Waals surface area contributed by atoms with Crippen molar-refractivity contribution in [2.45, 2.75) is 20.8 Å². The van der Waals surface area contributed by atoms with E-state index >= 15 is 0 Å². The first-order valence-corrected chi connectivity index (χ1v) is 7.24. The van der Waals surface area contributed by atoms with Crippen LogP contribution in [0.3, 0.4) is 0 Å². The van der Waals surface area contributed by atoms with Gasteiger partial charge in [0, 0.05) is 30.5 Å². The number of amides is 1. The van der Waals surface area contributed by atoms with Gasteiger partial charge in [-0.25, -0.2) is 4.98 Å². The number of hydrogen-bond acceptors (Lipinski definition) is 3. The number of anilines is 2. The Kier molecular flexibility index (Phi) is 4.93. The summed E-state index contributed by atoms with van der Waals surface area (Å²) >= 11 is 0. The van der Waals surface area contributed by atoms with E-state index in [1.807, 2.05) is 45.0 Å². The normalized spacial score (nSPS) is 10.2. The molecule has 1 N–H and O–H groups in total. The average molecular weight is 283 g/mol. The van der Waals surface area contributed by atoms with Crippen LogP contribution in [0.5, 0.6) is 0 Å². The number of hydrogen-bond donors (Lipinski definition) is 1. The van der Waals surface area contributed by atoms with Crippen molar-refractivity contribution in [2.24, 2.45) is 0 Å². The lowest BCUT2D eigenvalue weighted by atomic mass is 10.1. The van der Waals surface area contributed by atoms with Crippen molar-refractivity contribution in [1.82, 2.24) is 4.98 Å². The van der Waals surface area contributed by atoms with Crippen LogP contribution in [0.25, 0.3) is 0 Å². The quantitative estimate of drug-likeness (QED) is 0.913. The fourth-order valence-electron chi connectivity index (χ4n) is 2.29. The maximum atomic E-state index is 12.8. The molecular formula is C17H21N3O. The standard InChI is InChI=1S/C17H21N3O/c1-4-18-16-12-14(10-11-19-16)17(21)20(5-2)15-9-7-6-8-13(15)3/h6-12H,4-5H2,1-3H3,(H,18,19). The Hall–Kier alpha value is -2.36.